The van der Waals surface area contributed by atoms with Crippen molar-refractivity contribution in [1.82, 2.24) is 0 Å². The average molecular weight is 391 g/mol. The van der Waals surface area contributed by atoms with Gasteiger partial charge < -0.3 is 11.1 Å². The molecule has 0 aliphatic heterocycles. The van der Waals surface area contributed by atoms with E-state index in [1.54, 1.807) is 18.2 Å². The molecule has 0 spiro atoms. The number of halogens is 3. The van der Waals surface area contributed by atoms with Crippen molar-refractivity contribution in [3.63, 3.8) is 0 Å². The molecule has 25 heavy (non-hydrogen) atoms. The molecule has 4 rings (SSSR count). The molecule has 0 amide bonds. The van der Waals surface area contributed by atoms with Gasteiger partial charge in [-0.15, -0.1) is 12.4 Å². The molecule has 3 N–H and O–H groups in total. The highest BCUT2D eigenvalue weighted by Crippen LogP contribution is 2.36. The van der Waals surface area contributed by atoms with Gasteiger partial charge in [0.15, 0.2) is 5.96 Å². The van der Waals surface area contributed by atoms with Gasteiger partial charge in [-0.3, -0.25) is 0 Å². The van der Waals surface area contributed by atoms with E-state index in [-0.39, 0.29) is 12.4 Å². The van der Waals surface area contributed by atoms with E-state index in [0.29, 0.717) is 16.0 Å². The van der Waals surface area contributed by atoms with Gasteiger partial charge in [-0.05, 0) is 40.8 Å². The number of nitrogens with zero attached hydrogens (tertiary/aromatic N) is 1. The van der Waals surface area contributed by atoms with Crippen molar-refractivity contribution in [3.05, 3.63) is 69.7 Å². The molecule has 3 aromatic rings. The van der Waals surface area contributed by atoms with Gasteiger partial charge in [0.2, 0.25) is 0 Å². The molecule has 6 heteroatoms. The van der Waals surface area contributed by atoms with Gasteiger partial charge in [0.05, 0.1) is 15.7 Å². The van der Waals surface area contributed by atoms with Gasteiger partial charge in [0.25, 0.3) is 0 Å². The molecule has 0 atom stereocenters. The van der Waals surface area contributed by atoms with Crippen LogP contribution in [0.25, 0.3) is 22.9 Å². The highest BCUT2D eigenvalue weighted by molar-refractivity contribution is 6.42. The maximum atomic E-state index is 6.06. The summed E-state index contributed by atoms with van der Waals surface area (Å²) in [4.78, 5) is 4.52. The number of aliphatic imine (C=N–C) groups is 1. The molecule has 0 radical (unpaired) electrons. The minimum Gasteiger partial charge on any atom is -0.369 e. The molecule has 0 bridgehead atoms. The van der Waals surface area contributed by atoms with Crippen LogP contribution in [0.1, 0.15) is 11.1 Å². The Kier molecular flexibility index (Phi) is 4.91. The summed E-state index contributed by atoms with van der Waals surface area (Å²) in [6.45, 7) is 0. The van der Waals surface area contributed by atoms with E-state index in [1.807, 2.05) is 12.1 Å². The zero-order chi connectivity index (χ0) is 16.7. The summed E-state index contributed by atoms with van der Waals surface area (Å²) in [6, 6.07) is 15.4. The molecule has 0 fully saturated rings. The van der Waals surface area contributed by atoms with Crippen LogP contribution in [0.3, 0.4) is 0 Å². The lowest BCUT2D eigenvalue weighted by Crippen LogP contribution is -2.21. The predicted molar refractivity (Wildman–Crippen MR) is 111 cm³/mol. The lowest BCUT2D eigenvalue weighted by Gasteiger charge is -2.09. The van der Waals surface area contributed by atoms with Crippen LogP contribution in [0.5, 0.6) is 0 Å². The van der Waals surface area contributed by atoms with E-state index in [2.05, 4.69) is 40.7 Å². The van der Waals surface area contributed by atoms with Gasteiger partial charge in [0, 0.05) is 11.1 Å². The summed E-state index contributed by atoms with van der Waals surface area (Å²) in [5.41, 5.74) is 10.0. The fraction of sp³-hybridized carbons (Fsp3) is 0. The molecule has 3 nitrogen and oxygen atoms in total. The number of benzene rings is 3. The number of anilines is 1. The van der Waals surface area contributed by atoms with E-state index < -0.39 is 0 Å². The Hall–Kier alpha value is -2.20. The summed E-state index contributed by atoms with van der Waals surface area (Å²) < 4.78 is 0. The van der Waals surface area contributed by atoms with Crippen LogP contribution < -0.4 is 11.1 Å². The summed E-state index contributed by atoms with van der Waals surface area (Å²) in [5, 5.41) is 6.29. The molecule has 126 valence electrons. The van der Waals surface area contributed by atoms with Crippen LogP contribution in [-0.4, -0.2) is 5.96 Å². The van der Waals surface area contributed by atoms with Crippen LogP contribution in [-0.2, 0) is 0 Å². The minimum absolute atomic E-state index is 0. The van der Waals surface area contributed by atoms with E-state index >= 15 is 0 Å². The van der Waals surface area contributed by atoms with Crippen LogP contribution in [0.2, 0.25) is 10.0 Å². The lowest BCUT2D eigenvalue weighted by molar-refractivity contribution is 1.46. The molecule has 0 saturated carbocycles. The van der Waals surface area contributed by atoms with Crippen molar-refractivity contribution in [2.75, 3.05) is 5.32 Å². The molecule has 3 aromatic carbocycles. The van der Waals surface area contributed by atoms with Gasteiger partial charge in [-0.2, -0.15) is 0 Å². The quantitative estimate of drug-likeness (QED) is 0.320. The first kappa shape index (κ1) is 17.6. The SMILES string of the molecule is Cl.NC(=Nc1ccc2c3c(cccc13)C=C2)Nc1ccc(Cl)c(Cl)c1. The number of hydrogen-bond acceptors (Lipinski definition) is 1. The van der Waals surface area contributed by atoms with E-state index in [0.717, 1.165) is 16.8 Å². The third-order valence-electron chi connectivity index (χ3n) is 3.96. The Morgan fingerprint density at radius 2 is 1.68 bits per heavy atom. The first-order valence-electron chi connectivity index (χ1n) is 7.42. The number of nitrogens with one attached hydrogen (secondary N) is 1. The van der Waals surface area contributed by atoms with Gasteiger partial charge in [-0.1, -0.05) is 59.6 Å². The summed E-state index contributed by atoms with van der Waals surface area (Å²) in [5.74, 6) is 0.292. The van der Waals surface area contributed by atoms with Crippen LogP contribution in [0, 0.1) is 0 Å². The molecule has 1 aliphatic carbocycles. The fourth-order valence-electron chi connectivity index (χ4n) is 2.88. The number of hydrogen-bond donors (Lipinski definition) is 2. The monoisotopic (exact) mass is 389 g/mol. The normalized spacial score (nSPS) is 12.3. The molecule has 0 aromatic heterocycles. The van der Waals surface area contributed by atoms with Crippen molar-refractivity contribution in [3.8, 4) is 0 Å². The zero-order valence-corrected chi connectivity index (χ0v) is 15.3. The Bertz CT molecular complexity index is 1010. The molecule has 1 aliphatic rings. The van der Waals surface area contributed by atoms with Gasteiger partial charge >= 0.3 is 0 Å². The third kappa shape index (κ3) is 3.31. The number of nitrogens with two attached hydrogens (primary N) is 1. The standard InChI is InChI=1S/C19H13Cl2N3.ClH/c20-15-8-7-13(10-16(15)21)23-19(22)24-17-9-6-12-5-4-11-2-1-3-14(17)18(11)12;/h1-10H,(H3,22,23,24);1H. The lowest BCUT2D eigenvalue weighted by atomic mass is 10.0. The average Bonchev–Trinajstić information content (AvgIpc) is 2.99. The summed E-state index contributed by atoms with van der Waals surface area (Å²) in [7, 11) is 0. The van der Waals surface area contributed by atoms with E-state index in [9.17, 15) is 0 Å². The Morgan fingerprint density at radius 1 is 0.920 bits per heavy atom. The second kappa shape index (κ2) is 6.96. The smallest absolute Gasteiger partial charge is 0.198 e. The highest BCUT2D eigenvalue weighted by Gasteiger charge is 2.11. The van der Waals surface area contributed by atoms with Crippen molar-refractivity contribution >= 4 is 75.9 Å². The van der Waals surface area contributed by atoms with E-state index in [4.69, 9.17) is 28.9 Å². The second-order valence-corrected chi connectivity index (χ2v) is 6.34. The molecule has 0 unspecified atom stereocenters. The zero-order valence-electron chi connectivity index (χ0n) is 13.0. The van der Waals surface area contributed by atoms with Crippen molar-refractivity contribution < 1.29 is 0 Å². The maximum Gasteiger partial charge on any atom is 0.198 e. The Labute approximate surface area is 161 Å². The number of guanidine groups is 1. The van der Waals surface area contributed by atoms with Gasteiger partial charge in [0.1, 0.15) is 0 Å². The third-order valence-corrected chi connectivity index (χ3v) is 4.70. The highest BCUT2D eigenvalue weighted by atomic mass is 35.5. The Balaban J connectivity index is 0.00000182. The van der Waals surface area contributed by atoms with E-state index in [1.165, 1.54) is 16.5 Å². The summed E-state index contributed by atoms with van der Waals surface area (Å²) in [6.07, 6.45) is 4.23. The Morgan fingerprint density at radius 3 is 2.44 bits per heavy atom. The van der Waals surface area contributed by atoms with Crippen molar-refractivity contribution in [2.45, 2.75) is 0 Å². The minimum atomic E-state index is 0. The molecule has 0 heterocycles. The van der Waals surface area contributed by atoms with Gasteiger partial charge in [-0.25, -0.2) is 4.99 Å². The van der Waals surface area contributed by atoms with Crippen molar-refractivity contribution in [2.24, 2.45) is 10.7 Å². The first-order chi connectivity index (χ1) is 11.6. The van der Waals surface area contributed by atoms with Crippen LogP contribution in [0.15, 0.2) is 53.5 Å². The fourth-order valence-corrected chi connectivity index (χ4v) is 3.18. The molecule has 0 saturated heterocycles. The summed E-state index contributed by atoms with van der Waals surface area (Å²) >= 11 is 11.9. The molecular formula is C19H14Cl3N3. The second-order valence-electron chi connectivity index (χ2n) is 5.53. The van der Waals surface area contributed by atoms with Crippen LogP contribution >= 0.6 is 35.6 Å². The maximum absolute atomic E-state index is 6.06. The topological polar surface area (TPSA) is 50.4 Å². The molecular weight excluding hydrogens is 377 g/mol. The number of rotatable bonds is 2. The largest absolute Gasteiger partial charge is 0.369 e. The predicted octanol–water partition coefficient (Wildman–Crippen LogP) is 6.11. The first-order valence-corrected chi connectivity index (χ1v) is 8.17. The van der Waals surface area contributed by atoms with Crippen molar-refractivity contribution in [1.29, 1.82) is 0 Å². The van der Waals surface area contributed by atoms with Crippen LogP contribution in [0.4, 0.5) is 11.4 Å².